The Labute approximate surface area is 188 Å². The molecule has 1 aliphatic heterocycles. The van der Waals surface area contributed by atoms with E-state index in [-0.39, 0.29) is 35.5 Å². The fourth-order valence-electron chi connectivity index (χ4n) is 2.96. The van der Waals surface area contributed by atoms with Gasteiger partial charge in [0.2, 0.25) is 0 Å². The lowest BCUT2D eigenvalue weighted by molar-refractivity contribution is -0.00805. The van der Waals surface area contributed by atoms with Gasteiger partial charge in [-0.15, -0.1) is 35.3 Å². The van der Waals surface area contributed by atoms with E-state index < -0.39 is 0 Å². The Morgan fingerprint density at radius 3 is 2.82 bits per heavy atom. The molecule has 0 aliphatic carbocycles. The van der Waals surface area contributed by atoms with Gasteiger partial charge >= 0.3 is 0 Å². The molecule has 9 heteroatoms. The lowest BCUT2D eigenvalue weighted by Gasteiger charge is -2.34. The fourth-order valence-corrected chi connectivity index (χ4v) is 3.85. The van der Waals surface area contributed by atoms with E-state index in [1.807, 2.05) is 24.1 Å². The smallest absolute Gasteiger partial charge is 0.194 e. The molecule has 0 aromatic carbocycles. The van der Waals surface area contributed by atoms with Gasteiger partial charge in [-0.1, -0.05) is 20.8 Å². The maximum atomic E-state index is 5.95. The first-order valence-corrected chi connectivity index (χ1v) is 10.3. The van der Waals surface area contributed by atoms with Crippen LogP contribution in [0.25, 0.3) is 0 Å². The van der Waals surface area contributed by atoms with E-state index in [9.17, 15) is 0 Å². The molecular formula is C19H31IN6OS. The molecule has 0 spiro atoms. The summed E-state index contributed by atoms with van der Waals surface area (Å²) in [5, 5.41) is 10.9. The van der Waals surface area contributed by atoms with Crippen LogP contribution in [0.5, 0.6) is 0 Å². The summed E-state index contributed by atoms with van der Waals surface area (Å²) < 4.78 is 7.76. The van der Waals surface area contributed by atoms with Crippen LogP contribution >= 0.6 is 35.3 Å². The van der Waals surface area contributed by atoms with E-state index in [1.165, 1.54) is 0 Å². The lowest BCUT2D eigenvalue weighted by Crippen LogP contribution is -2.48. The number of nitrogens with one attached hydrogen (secondary N) is 1. The molecule has 1 atom stereocenters. The summed E-state index contributed by atoms with van der Waals surface area (Å²) in [5.41, 5.74) is 2.21. The number of aryl methyl sites for hydroxylation is 1. The van der Waals surface area contributed by atoms with Crippen LogP contribution in [0.4, 0.5) is 0 Å². The van der Waals surface area contributed by atoms with Gasteiger partial charge in [0.25, 0.3) is 0 Å². The summed E-state index contributed by atoms with van der Waals surface area (Å²) >= 11 is 1.71. The maximum absolute atomic E-state index is 5.95. The number of aliphatic imine (C=N–C) groups is 1. The number of hydrogen-bond donors (Lipinski definition) is 1. The van der Waals surface area contributed by atoms with Crippen molar-refractivity contribution in [2.24, 2.45) is 12.0 Å². The summed E-state index contributed by atoms with van der Waals surface area (Å²) in [4.78, 5) is 11.9. The Morgan fingerprint density at radius 2 is 2.21 bits per heavy atom. The average Bonchev–Trinajstić information content (AvgIpc) is 3.27. The van der Waals surface area contributed by atoms with Crippen molar-refractivity contribution < 1.29 is 4.74 Å². The maximum Gasteiger partial charge on any atom is 0.194 e. The van der Waals surface area contributed by atoms with E-state index >= 15 is 0 Å². The second kappa shape index (κ2) is 10.0. The van der Waals surface area contributed by atoms with Crippen molar-refractivity contribution in [3.63, 3.8) is 0 Å². The first-order chi connectivity index (χ1) is 12.9. The third kappa shape index (κ3) is 5.90. The number of thiazole rings is 1. The first-order valence-electron chi connectivity index (χ1n) is 9.45. The Kier molecular flexibility index (Phi) is 8.26. The molecule has 156 valence electrons. The highest BCUT2D eigenvalue weighted by atomic mass is 127. The van der Waals surface area contributed by atoms with Crippen molar-refractivity contribution in [1.29, 1.82) is 0 Å². The van der Waals surface area contributed by atoms with Gasteiger partial charge in [-0.3, -0.25) is 4.68 Å². The highest BCUT2D eigenvalue weighted by Crippen LogP contribution is 2.26. The number of aromatic nitrogens is 3. The molecule has 1 unspecified atom stereocenters. The quantitative estimate of drug-likeness (QED) is 0.382. The molecule has 0 bridgehead atoms. The Morgan fingerprint density at radius 1 is 1.43 bits per heavy atom. The largest absolute Gasteiger partial charge is 0.370 e. The van der Waals surface area contributed by atoms with Crippen LogP contribution in [-0.2, 0) is 23.7 Å². The third-order valence-corrected chi connectivity index (χ3v) is 5.70. The molecule has 2 aromatic rings. The molecule has 28 heavy (non-hydrogen) atoms. The van der Waals surface area contributed by atoms with E-state index in [2.05, 4.69) is 48.4 Å². The van der Waals surface area contributed by atoms with Crippen molar-refractivity contribution in [2.45, 2.75) is 45.8 Å². The molecular weight excluding hydrogens is 487 g/mol. The molecule has 7 nitrogen and oxygen atoms in total. The van der Waals surface area contributed by atoms with Crippen molar-refractivity contribution in [3.05, 3.63) is 34.0 Å². The summed E-state index contributed by atoms with van der Waals surface area (Å²) in [5.74, 6) is 0.917. The van der Waals surface area contributed by atoms with Gasteiger partial charge in [0.05, 0.1) is 36.6 Å². The van der Waals surface area contributed by atoms with Gasteiger partial charge in [-0.2, -0.15) is 5.10 Å². The minimum absolute atomic E-state index is 0. The van der Waals surface area contributed by atoms with Crippen molar-refractivity contribution in [2.75, 3.05) is 26.2 Å². The van der Waals surface area contributed by atoms with Crippen molar-refractivity contribution >= 4 is 41.3 Å². The SMILES string of the molecule is CCNC(=NCc1csc(C(C)(C)C)n1)N1CCOC(c2cnn(C)c2)C1.I. The zero-order valence-corrected chi connectivity index (χ0v) is 20.5. The Balaban J connectivity index is 0.00000280. The average molecular weight is 518 g/mol. The monoisotopic (exact) mass is 518 g/mol. The van der Waals surface area contributed by atoms with Crippen LogP contribution in [0.1, 0.15) is 50.1 Å². The van der Waals surface area contributed by atoms with Gasteiger partial charge in [0.15, 0.2) is 5.96 Å². The van der Waals surface area contributed by atoms with E-state index in [1.54, 1.807) is 11.3 Å². The van der Waals surface area contributed by atoms with E-state index in [0.717, 1.165) is 41.9 Å². The van der Waals surface area contributed by atoms with E-state index in [0.29, 0.717) is 13.2 Å². The van der Waals surface area contributed by atoms with Gasteiger partial charge in [-0.25, -0.2) is 9.98 Å². The number of ether oxygens (including phenoxy) is 1. The van der Waals surface area contributed by atoms with Gasteiger partial charge < -0.3 is 15.0 Å². The normalized spacial score (nSPS) is 18.1. The summed E-state index contributed by atoms with van der Waals surface area (Å²) in [6.07, 6.45) is 3.91. The highest BCUT2D eigenvalue weighted by Gasteiger charge is 2.25. The van der Waals surface area contributed by atoms with E-state index in [4.69, 9.17) is 14.7 Å². The van der Waals surface area contributed by atoms with Gasteiger partial charge in [0.1, 0.15) is 6.10 Å². The molecule has 1 fully saturated rings. The molecule has 3 rings (SSSR count). The molecule has 0 amide bonds. The fraction of sp³-hybridized carbons (Fsp3) is 0.632. The summed E-state index contributed by atoms with van der Waals surface area (Å²) in [7, 11) is 1.93. The highest BCUT2D eigenvalue weighted by molar-refractivity contribution is 14.0. The standard InChI is InChI=1S/C19H30N6OS.HI/c1-6-20-18(21-10-15-13-27-17(23-15)19(2,3)4)25-7-8-26-16(12-25)14-9-22-24(5)11-14;/h9,11,13,16H,6-8,10,12H2,1-5H3,(H,20,21);1H. The number of morpholine rings is 1. The van der Waals surface area contributed by atoms with Crippen LogP contribution in [0, 0.1) is 0 Å². The minimum atomic E-state index is 0. The van der Waals surface area contributed by atoms with Gasteiger partial charge in [-0.05, 0) is 6.92 Å². The number of halogens is 1. The molecule has 3 heterocycles. The van der Waals surface area contributed by atoms with Crippen molar-refractivity contribution in [3.8, 4) is 0 Å². The first kappa shape index (κ1) is 23.1. The minimum Gasteiger partial charge on any atom is -0.370 e. The number of nitrogens with zero attached hydrogens (tertiary/aromatic N) is 5. The summed E-state index contributed by atoms with van der Waals surface area (Å²) in [6, 6.07) is 0. The number of rotatable bonds is 4. The molecule has 0 radical (unpaired) electrons. The third-order valence-electron chi connectivity index (χ3n) is 4.38. The zero-order chi connectivity index (χ0) is 19.4. The van der Waals surface area contributed by atoms with Crippen LogP contribution in [-0.4, -0.2) is 51.9 Å². The molecule has 1 N–H and O–H groups in total. The molecule has 0 saturated carbocycles. The zero-order valence-electron chi connectivity index (χ0n) is 17.3. The summed E-state index contributed by atoms with van der Waals surface area (Å²) in [6.45, 7) is 12.3. The molecule has 2 aromatic heterocycles. The van der Waals surface area contributed by atoms with Crippen molar-refractivity contribution in [1.82, 2.24) is 25.0 Å². The lowest BCUT2D eigenvalue weighted by atomic mass is 9.98. The van der Waals surface area contributed by atoms with Crippen LogP contribution < -0.4 is 5.32 Å². The predicted molar refractivity (Wildman–Crippen MR) is 125 cm³/mol. The number of guanidine groups is 1. The Bertz CT molecular complexity index is 781. The molecule has 1 aliphatic rings. The van der Waals surface area contributed by atoms with Crippen LogP contribution in [0.2, 0.25) is 0 Å². The van der Waals surface area contributed by atoms with Crippen LogP contribution in [0.3, 0.4) is 0 Å². The second-order valence-electron chi connectivity index (χ2n) is 7.82. The van der Waals surface area contributed by atoms with Crippen LogP contribution in [0.15, 0.2) is 22.8 Å². The number of hydrogen-bond acceptors (Lipinski definition) is 5. The van der Waals surface area contributed by atoms with Gasteiger partial charge in [0, 0.05) is 42.7 Å². The topological polar surface area (TPSA) is 67.6 Å². The Hall–Kier alpha value is -1.20. The second-order valence-corrected chi connectivity index (χ2v) is 8.68. The predicted octanol–water partition coefficient (Wildman–Crippen LogP) is 3.33. The molecule has 1 saturated heterocycles.